The number of hydrogen-bond donors (Lipinski definition) is 1. The van der Waals surface area contributed by atoms with Crippen LogP contribution >= 0.6 is 0 Å². The van der Waals surface area contributed by atoms with Gasteiger partial charge >= 0.3 is 0 Å². The molecule has 5 nitrogen and oxygen atoms in total. The normalized spacial score (nSPS) is 26.5. The van der Waals surface area contributed by atoms with Gasteiger partial charge in [0.1, 0.15) is 0 Å². The molecule has 168 valence electrons. The maximum atomic E-state index is 9.75. The van der Waals surface area contributed by atoms with Crippen LogP contribution in [0.2, 0.25) is 0 Å². The number of piperazine rings is 1. The van der Waals surface area contributed by atoms with Crippen molar-refractivity contribution in [2.75, 3.05) is 57.3 Å². The van der Waals surface area contributed by atoms with Crippen LogP contribution < -0.4 is 4.90 Å². The third-order valence-electron chi connectivity index (χ3n) is 7.82. The summed E-state index contributed by atoms with van der Waals surface area (Å²) >= 11 is 0. The Labute approximate surface area is 183 Å². The molecule has 0 unspecified atom stereocenters. The van der Waals surface area contributed by atoms with Gasteiger partial charge in [-0.05, 0) is 71.2 Å². The molecule has 1 aromatic carbocycles. The Morgan fingerprint density at radius 3 is 2.17 bits per heavy atom. The van der Waals surface area contributed by atoms with Crippen molar-refractivity contribution in [2.24, 2.45) is 0 Å². The molecule has 1 atom stereocenters. The Kier molecular flexibility index (Phi) is 7.69. The average molecular weight is 415 g/mol. The molecular weight excluding hydrogens is 372 g/mol. The largest absolute Gasteiger partial charge is 0.396 e. The maximum absolute atomic E-state index is 9.75. The Bertz CT molecular complexity index is 623. The molecule has 0 aromatic heterocycles. The van der Waals surface area contributed by atoms with Crippen molar-refractivity contribution in [3.05, 3.63) is 30.3 Å². The summed E-state index contributed by atoms with van der Waals surface area (Å²) in [5.41, 5.74) is 1.37. The molecule has 0 bridgehead atoms. The third-order valence-corrected chi connectivity index (χ3v) is 7.82. The molecule has 1 N–H and O–H groups in total. The highest BCUT2D eigenvalue weighted by Crippen LogP contribution is 2.28. The quantitative estimate of drug-likeness (QED) is 0.774. The first-order chi connectivity index (χ1) is 14.7. The van der Waals surface area contributed by atoms with E-state index in [-0.39, 0.29) is 0 Å². The molecule has 0 aliphatic carbocycles. The Morgan fingerprint density at radius 2 is 1.53 bits per heavy atom. The van der Waals surface area contributed by atoms with E-state index in [0.29, 0.717) is 30.8 Å². The monoisotopic (exact) mass is 414 g/mol. The van der Waals surface area contributed by atoms with E-state index < -0.39 is 0 Å². The van der Waals surface area contributed by atoms with Gasteiger partial charge in [-0.15, -0.1) is 0 Å². The van der Waals surface area contributed by atoms with Crippen molar-refractivity contribution in [2.45, 2.75) is 70.1 Å². The summed E-state index contributed by atoms with van der Waals surface area (Å²) < 4.78 is 0. The van der Waals surface area contributed by atoms with Crippen molar-refractivity contribution >= 4 is 5.69 Å². The van der Waals surface area contributed by atoms with E-state index in [0.717, 1.165) is 26.1 Å². The summed E-state index contributed by atoms with van der Waals surface area (Å²) in [5, 5.41) is 9.75. The summed E-state index contributed by atoms with van der Waals surface area (Å²) in [7, 11) is 0. The first kappa shape index (κ1) is 22.1. The molecule has 0 saturated carbocycles. The highest BCUT2D eigenvalue weighted by Gasteiger charge is 2.36. The molecule has 30 heavy (non-hydrogen) atoms. The van der Waals surface area contributed by atoms with Crippen molar-refractivity contribution in [3.8, 4) is 0 Å². The fourth-order valence-electron chi connectivity index (χ4n) is 5.97. The van der Waals surface area contributed by atoms with Crippen LogP contribution in [0, 0.1) is 0 Å². The van der Waals surface area contributed by atoms with Crippen molar-refractivity contribution in [3.63, 3.8) is 0 Å². The molecule has 3 fully saturated rings. The van der Waals surface area contributed by atoms with E-state index >= 15 is 0 Å². The van der Waals surface area contributed by atoms with Crippen molar-refractivity contribution in [1.29, 1.82) is 0 Å². The summed E-state index contributed by atoms with van der Waals surface area (Å²) in [6.45, 7) is 13.2. The number of aliphatic hydroxyl groups is 1. The number of anilines is 1. The predicted molar refractivity (Wildman–Crippen MR) is 125 cm³/mol. The van der Waals surface area contributed by atoms with Crippen LogP contribution in [0.25, 0.3) is 0 Å². The van der Waals surface area contributed by atoms with E-state index in [1.165, 1.54) is 57.5 Å². The molecule has 3 saturated heterocycles. The SMILES string of the molecule is CC(C)N1CCC(N2CCN(C3CCN(c4ccccc4)CC3)C[C@@H]2CCO)CC1. The molecule has 3 aliphatic rings. The zero-order chi connectivity index (χ0) is 20.9. The first-order valence-electron chi connectivity index (χ1n) is 12.3. The van der Waals surface area contributed by atoms with E-state index in [1.54, 1.807) is 0 Å². The van der Waals surface area contributed by atoms with Gasteiger partial charge in [-0.2, -0.15) is 0 Å². The second kappa shape index (κ2) is 10.4. The molecule has 1 aromatic rings. The van der Waals surface area contributed by atoms with E-state index in [1.807, 2.05) is 0 Å². The number of nitrogens with zero attached hydrogens (tertiary/aromatic N) is 4. The average Bonchev–Trinajstić information content (AvgIpc) is 2.80. The molecule has 5 heteroatoms. The minimum Gasteiger partial charge on any atom is -0.396 e. The van der Waals surface area contributed by atoms with Gasteiger partial charge in [0, 0.05) is 69.2 Å². The van der Waals surface area contributed by atoms with Gasteiger partial charge in [0.05, 0.1) is 0 Å². The van der Waals surface area contributed by atoms with Crippen molar-refractivity contribution < 1.29 is 5.11 Å². The molecule has 3 heterocycles. The molecular formula is C25H42N4O. The standard InChI is InChI=1S/C25H42N4O/c1-21(2)26-13-10-24(11-14-26)29-18-17-28(20-25(29)12-19-30)23-8-15-27(16-9-23)22-6-4-3-5-7-22/h3-7,21,23-25,30H,8-20H2,1-2H3/t25-/m0/s1. The van der Waals surface area contributed by atoms with Crippen molar-refractivity contribution in [1.82, 2.24) is 14.7 Å². The molecule has 4 rings (SSSR count). The topological polar surface area (TPSA) is 33.2 Å². The van der Waals surface area contributed by atoms with Crippen LogP contribution in [0.3, 0.4) is 0 Å². The summed E-state index contributed by atoms with van der Waals surface area (Å²) in [6, 6.07) is 13.5. The van der Waals surface area contributed by atoms with Crippen LogP contribution in [0.5, 0.6) is 0 Å². The third kappa shape index (κ3) is 5.18. The second-order valence-corrected chi connectivity index (χ2v) is 9.81. The van der Waals surface area contributed by atoms with Gasteiger partial charge < -0.3 is 14.9 Å². The highest BCUT2D eigenvalue weighted by atomic mass is 16.3. The minimum atomic E-state index is 0.312. The predicted octanol–water partition coefficient (Wildman–Crippen LogP) is 2.90. The lowest BCUT2D eigenvalue weighted by Crippen LogP contribution is -2.61. The zero-order valence-electron chi connectivity index (χ0n) is 19.1. The first-order valence-corrected chi connectivity index (χ1v) is 12.3. The summed E-state index contributed by atoms with van der Waals surface area (Å²) in [5.74, 6) is 0. The summed E-state index contributed by atoms with van der Waals surface area (Å²) in [4.78, 5) is 10.7. The minimum absolute atomic E-state index is 0.312. The number of hydrogen-bond acceptors (Lipinski definition) is 5. The second-order valence-electron chi connectivity index (χ2n) is 9.81. The lowest BCUT2D eigenvalue weighted by molar-refractivity contribution is -0.0139. The smallest absolute Gasteiger partial charge is 0.0446 e. The fourth-order valence-corrected chi connectivity index (χ4v) is 5.97. The number of likely N-dealkylation sites (tertiary alicyclic amines) is 1. The van der Waals surface area contributed by atoms with Gasteiger partial charge in [0.15, 0.2) is 0 Å². The lowest BCUT2D eigenvalue weighted by Gasteiger charge is -2.50. The van der Waals surface area contributed by atoms with E-state index in [2.05, 4.69) is 63.8 Å². The van der Waals surface area contributed by atoms with E-state index in [9.17, 15) is 5.11 Å². The highest BCUT2D eigenvalue weighted by molar-refractivity contribution is 5.46. The van der Waals surface area contributed by atoms with Gasteiger partial charge in [-0.3, -0.25) is 9.80 Å². The number of para-hydroxylation sites is 1. The van der Waals surface area contributed by atoms with E-state index in [4.69, 9.17) is 0 Å². The van der Waals surface area contributed by atoms with Crippen LogP contribution in [-0.2, 0) is 0 Å². The number of aliphatic hydroxyl groups excluding tert-OH is 1. The van der Waals surface area contributed by atoms with Gasteiger partial charge in [0.25, 0.3) is 0 Å². The molecule has 0 spiro atoms. The molecule has 3 aliphatic heterocycles. The van der Waals surface area contributed by atoms with Gasteiger partial charge in [-0.1, -0.05) is 18.2 Å². The van der Waals surface area contributed by atoms with Crippen LogP contribution in [0.15, 0.2) is 30.3 Å². The van der Waals surface area contributed by atoms with Crippen LogP contribution in [-0.4, -0.2) is 96.4 Å². The number of benzene rings is 1. The summed E-state index contributed by atoms with van der Waals surface area (Å²) in [6.07, 6.45) is 6.01. The zero-order valence-corrected chi connectivity index (χ0v) is 19.1. The van der Waals surface area contributed by atoms with Crippen LogP contribution in [0.1, 0.15) is 46.0 Å². The van der Waals surface area contributed by atoms with Gasteiger partial charge in [-0.25, -0.2) is 0 Å². The molecule has 0 amide bonds. The Balaban J connectivity index is 1.30. The molecule has 0 radical (unpaired) electrons. The lowest BCUT2D eigenvalue weighted by atomic mass is 9.95. The number of piperidine rings is 2. The number of rotatable bonds is 6. The Morgan fingerprint density at radius 1 is 0.867 bits per heavy atom. The fraction of sp³-hybridized carbons (Fsp3) is 0.760. The van der Waals surface area contributed by atoms with Gasteiger partial charge in [0.2, 0.25) is 0 Å². The van der Waals surface area contributed by atoms with Crippen LogP contribution in [0.4, 0.5) is 5.69 Å². The Hall–Kier alpha value is -1.14. The maximum Gasteiger partial charge on any atom is 0.0446 e.